The molecule has 0 aliphatic heterocycles. The molecule has 3 nitrogen and oxygen atoms in total. The Balaban J connectivity index is 2.02. The number of anilines is 2. The van der Waals surface area contributed by atoms with Gasteiger partial charge >= 0.3 is 0 Å². The lowest BCUT2D eigenvalue weighted by Gasteiger charge is -2.16. The Morgan fingerprint density at radius 2 is 2.29 bits per heavy atom. The summed E-state index contributed by atoms with van der Waals surface area (Å²) < 4.78 is 0. The van der Waals surface area contributed by atoms with Gasteiger partial charge in [-0.15, -0.1) is 0 Å². The Labute approximate surface area is 106 Å². The fourth-order valence-corrected chi connectivity index (χ4v) is 3.07. The molecule has 0 heterocycles. The summed E-state index contributed by atoms with van der Waals surface area (Å²) in [6.45, 7) is 0. The van der Waals surface area contributed by atoms with Crippen LogP contribution in [0.25, 0.3) is 0 Å². The number of nitrogens with one attached hydrogen (secondary N) is 1. The summed E-state index contributed by atoms with van der Waals surface area (Å²) in [5.74, 6) is 0. The molecule has 2 unspecified atom stereocenters. The summed E-state index contributed by atoms with van der Waals surface area (Å²) >= 11 is 1.94. The van der Waals surface area contributed by atoms with Gasteiger partial charge in [-0.05, 0) is 43.7 Å². The maximum absolute atomic E-state index is 8.78. The van der Waals surface area contributed by atoms with Crippen LogP contribution >= 0.6 is 11.8 Å². The van der Waals surface area contributed by atoms with E-state index in [1.807, 2.05) is 17.8 Å². The van der Waals surface area contributed by atoms with E-state index >= 15 is 0 Å². The van der Waals surface area contributed by atoms with Gasteiger partial charge in [-0.25, -0.2) is 0 Å². The van der Waals surface area contributed by atoms with E-state index in [4.69, 9.17) is 11.0 Å². The summed E-state index contributed by atoms with van der Waals surface area (Å²) in [6.07, 6.45) is 5.84. The fourth-order valence-electron chi connectivity index (χ4n) is 2.27. The van der Waals surface area contributed by atoms with E-state index in [0.29, 0.717) is 17.3 Å². The molecule has 0 aromatic heterocycles. The van der Waals surface area contributed by atoms with Gasteiger partial charge in [0, 0.05) is 11.3 Å². The van der Waals surface area contributed by atoms with E-state index in [0.717, 1.165) is 10.9 Å². The second-order valence-electron chi connectivity index (χ2n) is 4.43. The number of nitriles is 1. The summed E-state index contributed by atoms with van der Waals surface area (Å²) in [5.41, 5.74) is 8.15. The molecule has 1 fully saturated rings. The van der Waals surface area contributed by atoms with Crippen LogP contribution < -0.4 is 11.1 Å². The van der Waals surface area contributed by atoms with Crippen LogP contribution in [0.2, 0.25) is 0 Å². The third-order valence-electron chi connectivity index (χ3n) is 3.26. The zero-order chi connectivity index (χ0) is 12.3. The first-order valence-corrected chi connectivity index (χ1v) is 7.10. The van der Waals surface area contributed by atoms with E-state index in [9.17, 15) is 0 Å². The van der Waals surface area contributed by atoms with Gasteiger partial charge in [-0.3, -0.25) is 0 Å². The maximum atomic E-state index is 8.78. The molecule has 2 rings (SSSR count). The molecule has 0 spiro atoms. The third kappa shape index (κ3) is 2.86. The van der Waals surface area contributed by atoms with Crippen molar-refractivity contribution in [3.8, 4) is 6.07 Å². The fraction of sp³-hybridized carbons (Fsp3) is 0.462. The van der Waals surface area contributed by atoms with E-state index < -0.39 is 0 Å². The van der Waals surface area contributed by atoms with E-state index in [1.165, 1.54) is 19.3 Å². The van der Waals surface area contributed by atoms with Gasteiger partial charge in [-0.1, -0.05) is 0 Å². The van der Waals surface area contributed by atoms with Gasteiger partial charge < -0.3 is 11.1 Å². The van der Waals surface area contributed by atoms with Gasteiger partial charge in [0.1, 0.15) is 0 Å². The average molecular weight is 247 g/mol. The van der Waals surface area contributed by atoms with Crippen molar-refractivity contribution in [2.45, 2.75) is 30.6 Å². The largest absolute Gasteiger partial charge is 0.397 e. The minimum atomic E-state index is 0.516. The lowest BCUT2D eigenvalue weighted by Crippen LogP contribution is -2.16. The highest BCUT2D eigenvalue weighted by atomic mass is 32.2. The van der Waals surface area contributed by atoms with Crippen LogP contribution in [0.5, 0.6) is 0 Å². The molecule has 4 heteroatoms. The third-order valence-corrected chi connectivity index (χ3v) is 4.35. The minimum Gasteiger partial charge on any atom is -0.397 e. The van der Waals surface area contributed by atoms with Crippen molar-refractivity contribution in [1.82, 2.24) is 0 Å². The number of nitrogens with two attached hydrogens (primary N) is 1. The molecular formula is C13H17N3S. The molecule has 1 saturated carbocycles. The molecule has 0 bridgehead atoms. The lowest BCUT2D eigenvalue weighted by atomic mass is 10.1. The first-order valence-electron chi connectivity index (χ1n) is 5.82. The summed E-state index contributed by atoms with van der Waals surface area (Å²) in [4.78, 5) is 0. The molecule has 1 aliphatic rings. The highest BCUT2D eigenvalue weighted by Crippen LogP contribution is 2.31. The number of rotatable bonds is 3. The SMILES string of the molecule is CSC1CCC(Nc2ccc(C#N)cc2N)C1. The van der Waals surface area contributed by atoms with E-state index in [-0.39, 0.29) is 0 Å². The molecule has 90 valence electrons. The summed E-state index contributed by atoms with van der Waals surface area (Å²) in [7, 11) is 0. The normalized spacial score (nSPS) is 23.3. The predicted molar refractivity (Wildman–Crippen MR) is 74.1 cm³/mol. The lowest BCUT2D eigenvalue weighted by molar-refractivity contribution is 0.757. The highest BCUT2D eigenvalue weighted by Gasteiger charge is 2.23. The van der Waals surface area contributed by atoms with Crippen LogP contribution in [0, 0.1) is 11.3 Å². The number of benzene rings is 1. The second-order valence-corrected chi connectivity index (χ2v) is 5.56. The van der Waals surface area contributed by atoms with Crippen LogP contribution in [-0.2, 0) is 0 Å². The quantitative estimate of drug-likeness (QED) is 0.806. The van der Waals surface area contributed by atoms with Crippen molar-refractivity contribution in [3.63, 3.8) is 0 Å². The van der Waals surface area contributed by atoms with Crippen LogP contribution in [0.15, 0.2) is 18.2 Å². The van der Waals surface area contributed by atoms with Gasteiger partial charge in [-0.2, -0.15) is 17.0 Å². The zero-order valence-corrected chi connectivity index (χ0v) is 10.8. The number of hydrogen-bond acceptors (Lipinski definition) is 4. The smallest absolute Gasteiger partial charge is 0.0992 e. The topological polar surface area (TPSA) is 61.8 Å². The van der Waals surface area contributed by atoms with E-state index in [1.54, 1.807) is 12.1 Å². The molecule has 0 saturated heterocycles. The monoisotopic (exact) mass is 247 g/mol. The standard InChI is InChI=1S/C13H17N3S/c1-17-11-4-3-10(7-11)16-13-5-2-9(8-14)6-12(13)15/h2,5-6,10-11,16H,3-4,7,15H2,1H3. The Bertz CT molecular complexity index is 439. The van der Waals surface area contributed by atoms with Gasteiger partial charge in [0.15, 0.2) is 0 Å². The molecule has 1 aromatic rings. The number of nitrogens with zero attached hydrogens (tertiary/aromatic N) is 1. The average Bonchev–Trinajstić information content (AvgIpc) is 2.79. The molecule has 17 heavy (non-hydrogen) atoms. The maximum Gasteiger partial charge on any atom is 0.0992 e. The zero-order valence-electron chi connectivity index (χ0n) is 9.94. The molecule has 0 radical (unpaired) electrons. The molecular weight excluding hydrogens is 230 g/mol. The van der Waals surface area contributed by atoms with Crippen molar-refractivity contribution in [2.24, 2.45) is 0 Å². The number of hydrogen-bond donors (Lipinski definition) is 2. The van der Waals surface area contributed by atoms with Gasteiger partial charge in [0.2, 0.25) is 0 Å². The number of nitrogen functional groups attached to an aromatic ring is 1. The molecule has 1 aliphatic carbocycles. The van der Waals surface area contributed by atoms with Crippen molar-refractivity contribution in [3.05, 3.63) is 23.8 Å². The Hall–Kier alpha value is -1.34. The first kappa shape index (κ1) is 12.1. The van der Waals surface area contributed by atoms with Crippen molar-refractivity contribution in [1.29, 1.82) is 5.26 Å². The number of thioether (sulfide) groups is 1. The van der Waals surface area contributed by atoms with Crippen LogP contribution in [0.3, 0.4) is 0 Å². The highest BCUT2D eigenvalue weighted by molar-refractivity contribution is 7.99. The second kappa shape index (κ2) is 5.33. The summed E-state index contributed by atoms with van der Waals surface area (Å²) in [5, 5.41) is 13.0. The van der Waals surface area contributed by atoms with Crippen molar-refractivity contribution >= 4 is 23.1 Å². The molecule has 2 atom stereocenters. The Morgan fingerprint density at radius 1 is 1.47 bits per heavy atom. The van der Waals surface area contributed by atoms with Gasteiger partial charge in [0.05, 0.1) is 23.0 Å². The first-order chi connectivity index (χ1) is 8.22. The Morgan fingerprint density at radius 3 is 2.88 bits per heavy atom. The minimum absolute atomic E-state index is 0.516. The molecule has 3 N–H and O–H groups in total. The van der Waals surface area contributed by atoms with Gasteiger partial charge in [0.25, 0.3) is 0 Å². The Kier molecular flexibility index (Phi) is 3.80. The van der Waals surface area contributed by atoms with Crippen LogP contribution in [-0.4, -0.2) is 17.5 Å². The van der Waals surface area contributed by atoms with E-state index in [2.05, 4.69) is 17.6 Å². The molecule has 1 aromatic carbocycles. The summed E-state index contributed by atoms with van der Waals surface area (Å²) in [6, 6.07) is 8.04. The van der Waals surface area contributed by atoms with Crippen molar-refractivity contribution in [2.75, 3.05) is 17.3 Å². The molecule has 0 amide bonds. The van der Waals surface area contributed by atoms with Crippen molar-refractivity contribution < 1.29 is 0 Å². The predicted octanol–water partition coefficient (Wildman–Crippen LogP) is 2.84. The van der Waals surface area contributed by atoms with Crippen LogP contribution in [0.1, 0.15) is 24.8 Å². The van der Waals surface area contributed by atoms with Crippen LogP contribution in [0.4, 0.5) is 11.4 Å².